The molecule has 0 aliphatic heterocycles. The molecular weight excluding hydrogens is 622 g/mol. The first kappa shape index (κ1) is 29.6. The van der Waals surface area contributed by atoms with Gasteiger partial charge in [0.2, 0.25) is 0 Å². The molecule has 8 nitrogen and oxygen atoms in total. The molecule has 0 atom stereocenters. The van der Waals surface area contributed by atoms with Gasteiger partial charge in [0.1, 0.15) is 40.5 Å². The van der Waals surface area contributed by atoms with Crippen LogP contribution in [0.15, 0.2) is 119 Å². The predicted molar refractivity (Wildman–Crippen MR) is 175 cm³/mol. The minimum atomic E-state index is -1.41. The summed E-state index contributed by atoms with van der Waals surface area (Å²) in [6.07, 6.45) is 3.00. The van der Waals surface area contributed by atoms with Gasteiger partial charge in [0.25, 0.3) is 0 Å². The molecule has 4 aromatic carbocycles. The van der Waals surface area contributed by atoms with Crippen molar-refractivity contribution in [3.05, 3.63) is 125 Å². The van der Waals surface area contributed by atoms with E-state index in [1.165, 1.54) is 6.33 Å². The normalized spacial score (nSPS) is 10.8. The Labute approximate surface area is 265 Å². The fourth-order valence-corrected chi connectivity index (χ4v) is 4.89. The van der Waals surface area contributed by atoms with Gasteiger partial charge in [-0.15, -0.1) is 0 Å². The second-order valence-electron chi connectivity index (χ2n) is 9.37. The van der Waals surface area contributed by atoms with E-state index in [1.54, 1.807) is 30.6 Å². The summed E-state index contributed by atoms with van der Waals surface area (Å²) < 4.78 is 11.4. The lowest BCUT2D eigenvalue weighted by atomic mass is 9.81. The smallest absolute Gasteiger partial charge is 0.452 e. The van der Waals surface area contributed by atoms with Crippen LogP contribution in [0.25, 0.3) is 55.4 Å². The van der Waals surface area contributed by atoms with Crippen LogP contribution in [-0.4, -0.2) is 37.1 Å². The van der Waals surface area contributed by atoms with Crippen molar-refractivity contribution in [1.29, 1.82) is 0 Å². The van der Waals surface area contributed by atoms with Crippen LogP contribution in [0.5, 0.6) is 0 Å². The molecule has 0 radical (unpaired) electrons. The number of hydrogen-bond donors (Lipinski definition) is 2. The molecular formula is C32H20BCl3N4O4. The third-order valence-corrected chi connectivity index (χ3v) is 7.33. The van der Waals surface area contributed by atoms with E-state index in [0.717, 1.165) is 44.2 Å². The van der Waals surface area contributed by atoms with Crippen molar-refractivity contribution in [1.82, 2.24) is 19.9 Å². The van der Waals surface area contributed by atoms with Gasteiger partial charge in [-0.05, 0) is 54.0 Å². The summed E-state index contributed by atoms with van der Waals surface area (Å²) in [5.41, 5.74) is 6.64. The molecule has 12 heteroatoms. The van der Waals surface area contributed by atoms with Crippen molar-refractivity contribution in [2.24, 2.45) is 0 Å². The standard InChI is InChI=1S/C16H9ClN2O.C10H5ClN2O.C6H6BClO2/c17-11-7-5-10(6-8-11)14-16-15(19-9-18-14)12-3-1-2-4-13(12)20-16;11-10-9-8(12-5-13-10)6-3-1-2-4-7(6)14-9;8-6-3-1-5(2-4-6)7(9)10/h1-9H;1-5H;1-4,9-10H. The second kappa shape index (κ2) is 13.0. The van der Waals surface area contributed by atoms with Crippen LogP contribution in [0, 0.1) is 0 Å². The summed E-state index contributed by atoms with van der Waals surface area (Å²) in [7, 11) is -1.41. The van der Waals surface area contributed by atoms with Gasteiger partial charge in [-0.1, -0.05) is 83.3 Å². The van der Waals surface area contributed by atoms with E-state index >= 15 is 0 Å². The van der Waals surface area contributed by atoms with Gasteiger partial charge in [-0.25, -0.2) is 19.9 Å². The van der Waals surface area contributed by atoms with Crippen LogP contribution in [0.3, 0.4) is 0 Å². The quantitative estimate of drug-likeness (QED) is 0.145. The summed E-state index contributed by atoms with van der Waals surface area (Å²) in [5.74, 6) is 0. The second-order valence-corrected chi connectivity index (χ2v) is 10.6. The minimum Gasteiger partial charge on any atom is -0.452 e. The third-order valence-electron chi connectivity index (χ3n) is 6.56. The average molecular weight is 642 g/mol. The Morgan fingerprint density at radius 3 is 1.64 bits per heavy atom. The number of hydrogen-bond acceptors (Lipinski definition) is 8. The van der Waals surface area contributed by atoms with Crippen LogP contribution >= 0.6 is 34.8 Å². The Bertz CT molecular complexity index is 2200. The molecule has 0 aliphatic carbocycles. The van der Waals surface area contributed by atoms with Crippen LogP contribution in [-0.2, 0) is 0 Å². The fraction of sp³-hybridized carbons (Fsp3) is 0. The van der Waals surface area contributed by atoms with Crippen molar-refractivity contribution < 1.29 is 18.9 Å². The molecule has 4 aromatic heterocycles. The molecule has 0 fully saturated rings. The Hall–Kier alpha value is -4.51. The van der Waals surface area contributed by atoms with Crippen LogP contribution in [0.2, 0.25) is 15.2 Å². The molecule has 2 N–H and O–H groups in total. The number of rotatable bonds is 2. The number of benzene rings is 4. The first-order chi connectivity index (χ1) is 21.4. The Morgan fingerprint density at radius 1 is 0.545 bits per heavy atom. The zero-order valence-electron chi connectivity index (χ0n) is 22.6. The zero-order chi connectivity index (χ0) is 30.6. The highest BCUT2D eigenvalue weighted by atomic mass is 35.5. The maximum absolute atomic E-state index is 8.63. The topological polar surface area (TPSA) is 118 Å². The molecule has 8 aromatic rings. The number of fused-ring (bicyclic) bond motifs is 6. The Balaban J connectivity index is 0.000000125. The van der Waals surface area contributed by atoms with Gasteiger partial charge >= 0.3 is 7.12 Å². The lowest BCUT2D eigenvalue weighted by Gasteiger charge is -2.00. The number of furan rings is 2. The molecule has 0 aliphatic rings. The summed E-state index contributed by atoms with van der Waals surface area (Å²) >= 11 is 17.4. The van der Waals surface area contributed by atoms with Gasteiger partial charge < -0.3 is 18.9 Å². The van der Waals surface area contributed by atoms with Crippen LogP contribution in [0.1, 0.15) is 0 Å². The van der Waals surface area contributed by atoms with E-state index in [4.69, 9.17) is 53.7 Å². The molecule has 0 unspecified atom stereocenters. The van der Waals surface area contributed by atoms with E-state index in [1.807, 2.05) is 72.8 Å². The van der Waals surface area contributed by atoms with Gasteiger partial charge in [-0.2, -0.15) is 0 Å². The van der Waals surface area contributed by atoms with Crippen LogP contribution in [0.4, 0.5) is 0 Å². The highest BCUT2D eigenvalue weighted by molar-refractivity contribution is 6.58. The lowest BCUT2D eigenvalue weighted by molar-refractivity contribution is 0.426. The van der Waals surface area contributed by atoms with Crippen molar-refractivity contribution in [3.8, 4) is 11.3 Å². The van der Waals surface area contributed by atoms with Crippen molar-refractivity contribution in [2.45, 2.75) is 0 Å². The SMILES string of the molecule is Clc1ccc(-c2ncnc3c2oc2ccccc23)cc1.Clc1ncnc2c1oc1ccccc12.OB(O)c1ccc(Cl)cc1. The molecule has 44 heavy (non-hydrogen) atoms. The first-order valence-corrected chi connectivity index (χ1v) is 14.3. The summed E-state index contributed by atoms with van der Waals surface area (Å²) in [6, 6.07) is 29.4. The van der Waals surface area contributed by atoms with Gasteiger partial charge in [-0.3, -0.25) is 0 Å². The molecule has 216 valence electrons. The Morgan fingerprint density at radius 2 is 1.05 bits per heavy atom. The molecule has 0 bridgehead atoms. The lowest BCUT2D eigenvalue weighted by Crippen LogP contribution is -2.29. The van der Waals surface area contributed by atoms with Gasteiger partial charge in [0, 0.05) is 26.4 Å². The first-order valence-electron chi connectivity index (χ1n) is 13.2. The molecule has 8 rings (SSSR count). The monoisotopic (exact) mass is 640 g/mol. The highest BCUT2D eigenvalue weighted by Gasteiger charge is 2.14. The summed E-state index contributed by atoms with van der Waals surface area (Å²) in [5, 5.41) is 20.9. The van der Waals surface area contributed by atoms with E-state index in [-0.39, 0.29) is 0 Å². The minimum absolute atomic E-state index is 0.353. The van der Waals surface area contributed by atoms with Crippen molar-refractivity contribution >= 4 is 91.5 Å². The van der Waals surface area contributed by atoms with Gasteiger partial charge in [0.05, 0.1) is 0 Å². The summed E-state index contributed by atoms with van der Waals surface area (Å²) in [6.45, 7) is 0. The van der Waals surface area contributed by atoms with E-state index in [0.29, 0.717) is 31.8 Å². The molecule has 0 saturated heterocycles. The van der Waals surface area contributed by atoms with Crippen molar-refractivity contribution in [3.63, 3.8) is 0 Å². The van der Waals surface area contributed by atoms with Crippen LogP contribution < -0.4 is 5.46 Å². The average Bonchev–Trinajstić information content (AvgIpc) is 3.62. The van der Waals surface area contributed by atoms with Gasteiger partial charge in [0.15, 0.2) is 16.3 Å². The van der Waals surface area contributed by atoms with E-state index in [9.17, 15) is 0 Å². The molecule has 4 heterocycles. The number of aromatic nitrogens is 4. The van der Waals surface area contributed by atoms with E-state index in [2.05, 4.69) is 19.9 Å². The molecule has 0 saturated carbocycles. The maximum atomic E-state index is 8.63. The van der Waals surface area contributed by atoms with E-state index < -0.39 is 7.12 Å². The summed E-state index contributed by atoms with van der Waals surface area (Å²) in [4.78, 5) is 16.7. The molecule has 0 spiro atoms. The number of nitrogens with zero attached hydrogens (tertiary/aromatic N) is 4. The maximum Gasteiger partial charge on any atom is 0.488 e. The third kappa shape index (κ3) is 6.24. The zero-order valence-corrected chi connectivity index (χ0v) is 24.9. The number of para-hydroxylation sites is 2. The number of halogens is 3. The Kier molecular flexibility index (Phi) is 8.74. The van der Waals surface area contributed by atoms with Crippen molar-refractivity contribution in [2.75, 3.05) is 0 Å². The predicted octanol–water partition coefficient (Wildman–Crippen LogP) is 7.75. The highest BCUT2D eigenvalue weighted by Crippen LogP contribution is 2.33. The largest absolute Gasteiger partial charge is 0.488 e. The molecule has 0 amide bonds. The fourth-order valence-electron chi connectivity index (χ4n) is 4.47.